The van der Waals surface area contributed by atoms with Crippen LogP contribution in [0.2, 0.25) is 0 Å². The molecular formula is C21H29NO3. The van der Waals surface area contributed by atoms with E-state index in [0.717, 1.165) is 44.6 Å². The summed E-state index contributed by atoms with van der Waals surface area (Å²) in [6, 6.07) is 8.34. The van der Waals surface area contributed by atoms with Crippen LogP contribution in [0.1, 0.15) is 44.6 Å². The van der Waals surface area contributed by atoms with Gasteiger partial charge in [-0.2, -0.15) is 0 Å². The van der Waals surface area contributed by atoms with E-state index < -0.39 is 0 Å². The summed E-state index contributed by atoms with van der Waals surface area (Å²) in [4.78, 5) is 12.4. The van der Waals surface area contributed by atoms with E-state index in [0.29, 0.717) is 25.5 Å². The summed E-state index contributed by atoms with van der Waals surface area (Å²) in [5, 5.41) is 3.20. The maximum atomic E-state index is 12.4. The summed E-state index contributed by atoms with van der Waals surface area (Å²) in [7, 11) is 0. The predicted molar refractivity (Wildman–Crippen MR) is 98.8 cm³/mol. The first-order valence-corrected chi connectivity index (χ1v) is 9.46. The van der Waals surface area contributed by atoms with E-state index in [9.17, 15) is 4.79 Å². The Balaban J connectivity index is 1.65. The maximum absolute atomic E-state index is 12.4. The van der Waals surface area contributed by atoms with Gasteiger partial charge < -0.3 is 14.8 Å². The van der Waals surface area contributed by atoms with Gasteiger partial charge in [-0.3, -0.25) is 4.79 Å². The largest absolute Gasteiger partial charge is 0.494 e. The molecule has 0 radical (unpaired) electrons. The number of benzene rings is 1. The highest BCUT2D eigenvalue weighted by Crippen LogP contribution is 2.35. The van der Waals surface area contributed by atoms with Gasteiger partial charge in [-0.1, -0.05) is 24.3 Å². The van der Waals surface area contributed by atoms with Gasteiger partial charge in [0.05, 0.1) is 6.61 Å². The van der Waals surface area contributed by atoms with Crippen LogP contribution < -0.4 is 10.1 Å². The second-order valence-corrected chi connectivity index (χ2v) is 7.10. The SMILES string of the molecule is CCOc1ccc(C2(CNC(=O)C[C@@H]3C=CCC3)CCOCC2)cc1. The Morgan fingerprint density at radius 3 is 2.68 bits per heavy atom. The van der Waals surface area contributed by atoms with Crippen LogP contribution in [0.4, 0.5) is 0 Å². The molecule has 2 aliphatic rings. The maximum Gasteiger partial charge on any atom is 0.220 e. The zero-order valence-electron chi connectivity index (χ0n) is 15.1. The number of hydrogen-bond acceptors (Lipinski definition) is 3. The van der Waals surface area contributed by atoms with Crippen molar-refractivity contribution in [3.8, 4) is 5.75 Å². The minimum Gasteiger partial charge on any atom is -0.494 e. The minimum atomic E-state index is -0.0375. The molecule has 4 nitrogen and oxygen atoms in total. The molecule has 3 rings (SSSR count). The third-order valence-electron chi connectivity index (χ3n) is 5.41. The van der Waals surface area contributed by atoms with Gasteiger partial charge in [0.15, 0.2) is 0 Å². The number of amides is 1. The first-order chi connectivity index (χ1) is 12.2. The lowest BCUT2D eigenvalue weighted by atomic mass is 9.74. The van der Waals surface area contributed by atoms with Crippen LogP contribution in [0.5, 0.6) is 5.75 Å². The molecule has 1 aromatic rings. The van der Waals surface area contributed by atoms with Crippen molar-refractivity contribution in [1.29, 1.82) is 0 Å². The molecule has 4 heteroatoms. The Bertz CT molecular complexity index is 588. The quantitative estimate of drug-likeness (QED) is 0.770. The van der Waals surface area contributed by atoms with Crippen LogP contribution in [0, 0.1) is 5.92 Å². The summed E-state index contributed by atoms with van der Waals surface area (Å²) >= 11 is 0. The van der Waals surface area contributed by atoms with Gasteiger partial charge in [0.1, 0.15) is 5.75 Å². The molecule has 1 N–H and O–H groups in total. The normalized spacial score (nSPS) is 21.9. The lowest BCUT2D eigenvalue weighted by molar-refractivity contribution is -0.122. The molecule has 1 aliphatic heterocycles. The third-order valence-corrected chi connectivity index (χ3v) is 5.41. The third kappa shape index (κ3) is 4.63. The fourth-order valence-corrected chi connectivity index (χ4v) is 3.84. The fourth-order valence-electron chi connectivity index (χ4n) is 3.84. The first kappa shape index (κ1) is 18.0. The highest BCUT2D eigenvalue weighted by molar-refractivity contribution is 5.76. The van der Waals surface area contributed by atoms with E-state index in [1.54, 1.807) is 0 Å². The molecule has 1 aromatic carbocycles. The molecular weight excluding hydrogens is 314 g/mol. The molecule has 25 heavy (non-hydrogen) atoms. The Morgan fingerprint density at radius 1 is 1.28 bits per heavy atom. The summed E-state index contributed by atoms with van der Waals surface area (Å²) in [6.45, 7) is 4.83. The summed E-state index contributed by atoms with van der Waals surface area (Å²) in [6.07, 6.45) is 9.03. The molecule has 1 aliphatic carbocycles. The number of rotatable bonds is 7. The molecule has 0 bridgehead atoms. The lowest BCUT2D eigenvalue weighted by Crippen LogP contribution is -2.44. The molecule has 1 saturated heterocycles. The highest BCUT2D eigenvalue weighted by atomic mass is 16.5. The first-order valence-electron chi connectivity index (χ1n) is 9.46. The van der Waals surface area contributed by atoms with E-state index >= 15 is 0 Å². The Labute approximate surface area is 150 Å². The molecule has 1 amide bonds. The smallest absolute Gasteiger partial charge is 0.220 e. The number of allylic oxidation sites excluding steroid dienone is 2. The van der Waals surface area contributed by atoms with Gasteiger partial charge in [-0.15, -0.1) is 0 Å². The van der Waals surface area contributed by atoms with Gasteiger partial charge in [0, 0.05) is 31.6 Å². The van der Waals surface area contributed by atoms with E-state index in [2.05, 4.69) is 29.6 Å². The molecule has 0 aromatic heterocycles. The highest BCUT2D eigenvalue weighted by Gasteiger charge is 2.35. The van der Waals surface area contributed by atoms with E-state index in [1.165, 1.54) is 5.56 Å². The summed E-state index contributed by atoms with van der Waals surface area (Å²) in [5.74, 6) is 1.47. The van der Waals surface area contributed by atoms with Crippen LogP contribution in [-0.4, -0.2) is 32.3 Å². The van der Waals surface area contributed by atoms with Crippen LogP contribution in [0.15, 0.2) is 36.4 Å². The van der Waals surface area contributed by atoms with Gasteiger partial charge in [0.25, 0.3) is 0 Å². The minimum absolute atomic E-state index is 0.0375. The van der Waals surface area contributed by atoms with Gasteiger partial charge in [0.2, 0.25) is 5.91 Å². The van der Waals surface area contributed by atoms with Crippen LogP contribution >= 0.6 is 0 Å². The second kappa shape index (κ2) is 8.52. The van der Waals surface area contributed by atoms with Gasteiger partial charge in [-0.05, 0) is 56.2 Å². The summed E-state index contributed by atoms with van der Waals surface area (Å²) in [5.41, 5.74) is 1.23. The van der Waals surface area contributed by atoms with Crippen LogP contribution in [-0.2, 0) is 14.9 Å². The predicted octanol–water partition coefficient (Wildman–Crippen LogP) is 3.61. The topological polar surface area (TPSA) is 47.6 Å². The number of nitrogens with one attached hydrogen (secondary N) is 1. The molecule has 1 fully saturated rings. The number of carbonyl (C=O) groups is 1. The Kier molecular flexibility index (Phi) is 6.14. The van der Waals surface area contributed by atoms with Crippen LogP contribution in [0.25, 0.3) is 0 Å². The number of ether oxygens (including phenoxy) is 2. The zero-order valence-corrected chi connectivity index (χ0v) is 15.1. The summed E-state index contributed by atoms with van der Waals surface area (Å²) < 4.78 is 11.1. The van der Waals surface area contributed by atoms with Crippen LogP contribution in [0.3, 0.4) is 0 Å². The Morgan fingerprint density at radius 2 is 2.04 bits per heavy atom. The van der Waals surface area contributed by atoms with Crippen molar-refractivity contribution in [2.24, 2.45) is 5.92 Å². The fraction of sp³-hybridized carbons (Fsp3) is 0.571. The monoisotopic (exact) mass is 343 g/mol. The standard InChI is InChI=1S/C21H29NO3/c1-2-25-19-9-7-18(8-10-19)21(11-13-24-14-12-21)16-22-20(23)15-17-5-3-4-6-17/h3,5,7-10,17H,2,4,6,11-16H2,1H3,(H,22,23)/t17-/m1/s1. The lowest BCUT2D eigenvalue weighted by Gasteiger charge is -2.38. The second-order valence-electron chi connectivity index (χ2n) is 7.10. The molecule has 1 atom stereocenters. The molecule has 136 valence electrons. The molecule has 0 unspecified atom stereocenters. The van der Waals surface area contributed by atoms with E-state index in [-0.39, 0.29) is 11.3 Å². The van der Waals surface area contributed by atoms with E-state index in [1.807, 2.05) is 19.1 Å². The average molecular weight is 343 g/mol. The van der Waals surface area contributed by atoms with Crippen molar-refractivity contribution in [3.63, 3.8) is 0 Å². The Hall–Kier alpha value is -1.81. The van der Waals surface area contributed by atoms with Gasteiger partial charge >= 0.3 is 0 Å². The molecule has 0 spiro atoms. The van der Waals surface area contributed by atoms with E-state index in [4.69, 9.17) is 9.47 Å². The van der Waals surface area contributed by atoms with Crippen molar-refractivity contribution < 1.29 is 14.3 Å². The number of carbonyl (C=O) groups excluding carboxylic acids is 1. The molecule has 1 heterocycles. The van der Waals surface area contributed by atoms with Crippen molar-refractivity contribution in [3.05, 3.63) is 42.0 Å². The van der Waals surface area contributed by atoms with Gasteiger partial charge in [-0.25, -0.2) is 0 Å². The molecule has 0 saturated carbocycles. The van der Waals surface area contributed by atoms with Crippen molar-refractivity contribution in [2.45, 2.75) is 44.4 Å². The number of hydrogen-bond donors (Lipinski definition) is 1. The van der Waals surface area contributed by atoms with Crippen molar-refractivity contribution in [1.82, 2.24) is 5.32 Å². The average Bonchev–Trinajstić information content (AvgIpc) is 3.15. The zero-order chi connectivity index (χ0) is 17.5. The van der Waals surface area contributed by atoms with Crippen molar-refractivity contribution >= 4 is 5.91 Å². The van der Waals surface area contributed by atoms with Crippen molar-refractivity contribution in [2.75, 3.05) is 26.4 Å².